The van der Waals surface area contributed by atoms with Gasteiger partial charge in [-0.2, -0.15) is 0 Å². The maximum atomic E-state index is 5.61. The second-order valence-electron chi connectivity index (χ2n) is 1.50. The van der Waals surface area contributed by atoms with E-state index >= 15 is 0 Å². The number of rotatable bonds is 0. The summed E-state index contributed by atoms with van der Waals surface area (Å²) in [4.78, 5) is 3.72. The van der Waals surface area contributed by atoms with E-state index in [1.165, 1.54) is 10.0 Å². The Morgan fingerprint density at radius 1 is 1.60 bits per heavy atom. The Hall–Kier alpha value is 0.230. The van der Waals surface area contributed by atoms with E-state index in [9.17, 15) is 0 Å². The van der Waals surface area contributed by atoms with Crippen LogP contribution in [0, 0.1) is 4.77 Å². The Morgan fingerprint density at radius 2 is 2.20 bits per heavy atom. The van der Waals surface area contributed by atoms with Crippen molar-refractivity contribution in [1.29, 1.82) is 0 Å². The van der Waals surface area contributed by atoms with Crippen LogP contribution in [0.1, 0.15) is 0 Å². The smallest absolute Gasteiger partial charge is 0.212 e. The van der Waals surface area contributed by atoms with Crippen LogP contribution in [-0.2, 0) is 0 Å². The van der Waals surface area contributed by atoms with E-state index in [0.717, 1.165) is 0 Å². The fourth-order valence-electron chi connectivity index (χ4n) is 0.422. The average Bonchev–Trinajstić information content (AvgIpc) is 1.82. The first kappa shape index (κ1) is 8.33. The van der Waals surface area contributed by atoms with E-state index in [4.69, 9.17) is 35.4 Å². The van der Waals surface area contributed by atoms with Gasteiger partial charge in [-0.05, 0) is 12.2 Å². The van der Waals surface area contributed by atoms with Crippen molar-refractivity contribution in [1.82, 2.24) is 8.96 Å². The average molecular weight is 213 g/mol. The third kappa shape index (κ3) is 1.63. The van der Waals surface area contributed by atoms with Crippen molar-refractivity contribution in [3.63, 3.8) is 0 Å². The van der Waals surface area contributed by atoms with Gasteiger partial charge < -0.3 is 0 Å². The molecule has 0 bridgehead atoms. The van der Waals surface area contributed by atoms with Crippen molar-refractivity contribution in [2.24, 2.45) is 0 Å². The van der Waals surface area contributed by atoms with Gasteiger partial charge in [0.2, 0.25) is 4.77 Å². The molecule has 0 amide bonds. The summed E-state index contributed by atoms with van der Waals surface area (Å²) in [5, 5.41) is 0.633. The van der Waals surface area contributed by atoms with Gasteiger partial charge in [-0.1, -0.05) is 36.0 Å². The molecule has 0 saturated heterocycles. The van der Waals surface area contributed by atoms with E-state index < -0.39 is 0 Å². The van der Waals surface area contributed by atoms with Gasteiger partial charge in [-0.3, -0.25) is 3.97 Å². The van der Waals surface area contributed by atoms with Crippen LogP contribution in [0.25, 0.3) is 0 Å². The summed E-state index contributed by atoms with van der Waals surface area (Å²) < 4.78 is 1.52. The molecule has 0 spiro atoms. The Morgan fingerprint density at radius 3 is 2.70 bits per heavy atom. The molecule has 0 N–H and O–H groups in total. The molecule has 54 valence electrons. The maximum absolute atomic E-state index is 5.61. The monoisotopic (exact) mass is 212 g/mol. The van der Waals surface area contributed by atoms with Crippen LogP contribution in [-0.4, -0.2) is 8.96 Å². The standard InChI is InChI=1S/C4H2Cl2N2S2/c5-2-1-3(6)8(10)4(9)7-2/h1,10H. The van der Waals surface area contributed by atoms with Gasteiger partial charge >= 0.3 is 0 Å². The van der Waals surface area contributed by atoms with Crippen LogP contribution in [0.5, 0.6) is 0 Å². The Labute approximate surface area is 78.3 Å². The van der Waals surface area contributed by atoms with Gasteiger partial charge in [0, 0.05) is 6.07 Å². The second kappa shape index (κ2) is 3.09. The first-order chi connectivity index (χ1) is 4.61. The largest absolute Gasteiger partial charge is 0.251 e. The molecular formula is C4H2Cl2N2S2. The maximum Gasteiger partial charge on any atom is 0.212 e. The van der Waals surface area contributed by atoms with Crippen molar-refractivity contribution >= 4 is 48.2 Å². The number of nitrogens with zero attached hydrogens (tertiary/aromatic N) is 2. The molecule has 0 aliphatic rings. The summed E-state index contributed by atoms with van der Waals surface area (Å²) in [5.41, 5.74) is 0. The molecule has 0 fully saturated rings. The normalized spacial score (nSPS) is 9.90. The molecule has 1 heterocycles. The summed E-state index contributed by atoms with van der Waals surface area (Å²) in [6.45, 7) is 0. The molecule has 0 aliphatic carbocycles. The number of aromatic nitrogens is 2. The zero-order chi connectivity index (χ0) is 7.72. The predicted octanol–water partition coefficient (Wildman–Crippen LogP) is 2.61. The fraction of sp³-hybridized carbons (Fsp3) is 0. The minimum Gasteiger partial charge on any atom is -0.251 e. The Balaban J connectivity index is 3.46. The van der Waals surface area contributed by atoms with Crippen LogP contribution >= 0.6 is 48.2 Å². The highest BCUT2D eigenvalue weighted by Crippen LogP contribution is 2.14. The van der Waals surface area contributed by atoms with Crippen molar-refractivity contribution < 1.29 is 0 Å². The van der Waals surface area contributed by atoms with Crippen molar-refractivity contribution in [3.05, 3.63) is 21.1 Å². The summed E-state index contributed by atoms with van der Waals surface area (Å²) >= 11 is 19.8. The lowest BCUT2D eigenvalue weighted by Gasteiger charge is -1.98. The highest BCUT2D eigenvalue weighted by Gasteiger charge is 1.97. The van der Waals surface area contributed by atoms with Crippen molar-refractivity contribution in [2.45, 2.75) is 0 Å². The first-order valence-corrected chi connectivity index (χ1v) is 3.82. The van der Waals surface area contributed by atoms with E-state index in [1.807, 2.05) is 0 Å². The molecular weight excluding hydrogens is 211 g/mol. The molecule has 0 atom stereocenters. The zero-order valence-electron chi connectivity index (χ0n) is 4.58. The van der Waals surface area contributed by atoms with E-state index in [0.29, 0.717) is 5.15 Å². The third-order valence-corrected chi connectivity index (χ3v) is 2.23. The number of thiol groups is 1. The quantitative estimate of drug-likeness (QED) is 0.405. The van der Waals surface area contributed by atoms with Gasteiger partial charge in [0.1, 0.15) is 10.3 Å². The number of halogens is 2. The van der Waals surface area contributed by atoms with Gasteiger partial charge in [0.15, 0.2) is 0 Å². The summed E-state index contributed by atoms with van der Waals surface area (Å²) in [6, 6.07) is 1.46. The molecule has 0 radical (unpaired) electrons. The molecule has 1 aromatic rings. The lowest BCUT2D eigenvalue weighted by molar-refractivity contribution is 1.08. The predicted molar refractivity (Wildman–Crippen MR) is 47.5 cm³/mol. The van der Waals surface area contributed by atoms with Gasteiger partial charge in [-0.15, -0.1) is 0 Å². The lowest BCUT2D eigenvalue weighted by atomic mass is 10.7. The van der Waals surface area contributed by atoms with Gasteiger partial charge in [0.25, 0.3) is 0 Å². The topological polar surface area (TPSA) is 17.8 Å². The van der Waals surface area contributed by atoms with Crippen LogP contribution in [0.3, 0.4) is 0 Å². The van der Waals surface area contributed by atoms with Crippen molar-refractivity contribution in [2.75, 3.05) is 0 Å². The van der Waals surface area contributed by atoms with Gasteiger partial charge in [0.05, 0.1) is 0 Å². The Kier molecular flexibility index (Phi) is 2.57. The first-order valence-electron chi connectivity index (χ1n) is 2.25. The highest BCUT2D eigenvalue weighted by molar-refractivity contribution is 7.79. The minimum atomic E-state index is 0.251. The van der Waals surface area contributed by atoms with E-state index in [-0.39, 0.29) is 9.92 Å². The van der Waals surface area contributed by atoms with Crippen LogP contribution < -0.4 is 0 Å². The lowest BCUT2D eigenvalue weighted by Crippen LogP contribution is -1.90. The summed E-state index contributed by atoms with van der Waals surface area (Å²) in [7, 11) is 0. The highest BCUT2D eigenvalue weighted by atomic mass is 35.5. The van der Waals surface area contributed by atoms with Crippen LogP contribution in [0.2, 0.25) is 10.3 Å². The van der Waals surface area contributed by atoms with E-state index in [1.54, 1.807) is 0 Å². The molecule has 0 aromatic carbocycles. The molecule has 0 aliphatic heterocycles. The summed E-state index contributed by atoms with van der Waals surface area (Å²) in [5.74, 6) is 0. The second-order valence-corrected chi connectivity index (χ2v) is 3.04. The molecule has 0 unspecified atom stereocenters. The molecule has 2 nitrogen and oxygen atoms in total. The SMILES string of the molecule is S=c1nc(Cl)cc(Cl)n1S. The Bertz CT molecular complexity index is 309. The molecule has 0 saturated carbocycles. The molecule has 1 aromatic heterocycles. The number of hydrogen-bond acceptors (Lipinski definition) is 3. The molecule has 10 heavy (non-hydrogen) atoms. The van der Waals surface area contributed by atoms with Gasteiger partial charge in [-0.25, -0.2) is 4.98 Å². The summed E-state index contributed by atoms with van der Waals surface area (Å²) in [6.07, 6.45) is 0. The third-order valence-electron chi connectivity index (χ3n) is 0.824. The minimum absolute atomic E-state index is 0.251. The van der Waals surface area contributed by atoms with E-state index in [2.05, 4.69) is 17.8 Å². The van der Waals surface area contributed by atoms with Crippen LogP contribution in [0.15, 0.2) is 6.07 Å². The fourth-order valence-corrected chi connectivity index (χ4v) is 1.24. The van der Waals surface area contributed by atoms with Crippen LogP contribution in [0.4, 0.5) is 0 Å². The zero-order valence-corrected chi connectivity index (χ0v) is 7.81. The molecule has 6 heteroatoms. The molecule has 1 rings (SSSR count). The van der Waals surface area contributed by atoms with Crippen molar-refractivity contribution in [3.8, 4) is 0 Å². The number of hydrogen-bond donors (Lipinski definition) is 1.